The first-order valence-corrected chi connectivity index (χ1v) is 7.08. The molecule has 2 heterocycles. The normalized spacial score (nSPS) is 22.4. The Morgan fingerprint density at radius 1 is 1.56 bits per heavy atom. The van der Waals surface area contributed by atoms with Crippen molar-refractivity contribution in [2.24, 2.45) is 0 Å². The number of nitrogens with zero attached hydrogens (tertiary/aromatic N) is 2. The summed E-state index contributed by atoms with van der Waals surface area (Å²) in [5, 5.41) is 5.68. The van der Waals surface area contributed by atoms with Crippen molar-refractivity contribution in [2.45, 2.75) is 31.7 Å². The largest absolute Gasteiger partial charge is 0.315 e. The van der Waals surface area contributed by atoms with Crippen molar-refractivity contribution in [1.82, 2.24) is 15.2 Å². The highest BCUT2D eigenvalue weighted by Crippen LogP contribution is 2.13. The Morgan fingerprint density at radius 2 is 2.50 bits per heavy atom. The van der Waals surface area contributed by atoms with Crippen molar-refractivity contribution in [3.63, 3.8) is 0 Å². The fourth-order valence-electron chi connectivity index (χ4n) is 2.25. The lowest BCUT2D eigenvalue weighted by atomic mass is 10.0. The molecule has 1 fully saturated rings. The third-order valence-corrected chi connectivity index (χ3v) is 3.98. The van der Waals surface area contributed by atoms with Gasteiger partial charge < -0.3 is 10.2 Å². The van der Waals surface area contributed by atoms with Gasteiger partial charge in [-0.05, 0) is 26.4 Å². The van der Waals surface area contributed by atoms with Crippen LogP contribution in [0, 0.1) is 0 Å². The maximum atomic E-state index is 4.28. The van der Waals surface area contributed by atoms with Crippen molar-refractivity contribution in [1.29, 1.82) is 0 Å². The van der Waals surface area contributed by atoms with Gasteiger partial charge >= 0.3 is 0 Å². The van der Waals surface area contributed by atoms with E-state index in [1.54, 1.807) is 11.3 Å². The highest BCUT2D eigenvalue weighted by atomic mass is 32.1. The number of thiazole rings is 1. The van der Waals surface area contributed by atoms with Crippen molar-refractivity contribution in [2.75, 3.05) is 26.7 Å². The Kier molecular flexibility index (Phi) is 4.75. The molecule has 1 aliphatic heterocycles. The van der Waals surface area contributed by atoms with Gasteiger partial charge in [-0.3, -0.25) is 0 Å². The zero-order chi connectivity index (χ0) is 11.2. The second kappa shape index (κ2) is 6.33. The summed E-state index contributed by atoms with van der Waals surface area (Å²) in [4.78, 5) is 6.77. The summed E-state index contributed by atoms with van der Waals surface area (Å²) in [6.07, 6.45) is 5.16. The minimum atomic E-state index is 0.740. The quantitative estimate of drug-likeness (QED) is 0.794. The van der Waals surface area contributed by atoms with Crippen LogP contribution in [-0.2, 0) is 6.42 Å². The fraction of sp³-hybridized carbons (Fsp3) is 0.750. The van der Waals surface area contributed by atoms with Crippen LogP contribution in [0.5, 0.6) is 0 Å². The zero-order valence-electron chi connectivity index (χ0n) is 9.98. The van der Waals surface area contributed by atoms with Crippen LogP contribution in [0.25, 0.3) is 0 Å². The summed E-state index contributed by atoms with van der Waals surface area (Å²) in [6, 6.07) is 0.740. The van der Waals surface area contributed by atoms with E-state index in [4.69, 9.17) is 0 Å². The SMILES string of the molecule is CN1CCCCC1CNCCc1cscn1. The standard InChI is InChI=1S/C12H21N3S/c1-15-7-3-2-4-12(15)8-13-6-5-11-9-16-10-14-11/h9-10,12-13H,2-8H2,1H3. The first kappa shape index (κ1) is 12.0. The molecule has 2 rings (SSSR count). The molecule has 1 N–H and O–H groups in total. The van der Waals surface area contributed by atoms with Gasteiger partial charge in [-0.1, -0.05) is 6.42 Å². The first-order valence-electron chi connectivity index (χ1n) is 6.14. The highest BCUT2D eigenvalue weighted by Gasteiger charge is 2.17. The lowest BCUT2D eigenvalue weighted by molar-refractivity contribution is 0.182. The molecule has 4 heteroatoms. The van der Waals surface area contributed by atoms with E-state index in [0.29, 0.717) is 0 Å². The third kappa shape index (κ3) is 3.54. The van der Waals surface area contributed by atoms with Gasteiger partial charge in [0.2, 0.25) is 0 Å². The number of aromatic nitrogens is 1. The average molecular weight is 239 g/mol. The van der Waals surface area contributed by atoms with Crippen molar-refractivity contribution in [3.05, 3.63) is 16.6 Å². The molecular weight excluding hydrogens is 218 g/mol. The summed E-state index contributed by atoms with van der Waals surface area (Å²) < 4.78 is 0. The van der Waals surface area contributed by atoms with Crippen LogP contribution in [0.3, 0.4) is 0 Å². The Hall–Kier alpha value is -0.450. The Bertz CT molecular complexity index is 286. The van der Waals surface area contributed by atoms with Gasteiger partial charge in [0, 0.05) is 30.9 Å². The third-order valence-electron chi connectivity index (χ3n) is 3.34. The van der Waals surface area contributed by atoms with Gasteiger partial charge in [-0.15, -0.1) is 11.3 Å². The Labute approximate surface area is 102 Å². The number of likely N-dealkylation sites (N-methyl/N-ethyl adjacent to an activating group) is 1. The number of likely N-dealkylation sites (tertiary alicyclic amines) is 1. The average Bonchev–Trinajstić information content (AvgIpc) is 2.79. The highest BCUT2D eigenvalue weighted by molar-refractivity contribution is 7.07. The maximum Gasteiger partial charge on any atom is 0.0794 e. The van der Waals surface area contributed by atoms with E-state index in [1.807, 2.05) is 5.51 Å². The van der Waals surface area contributed by atoms with Crippen LogP contribution in [0.15, 0.2) is 10.9 Å². The van der Waals surface area contributed by atoms with Gasteiger partial charge in [0.05, 0.1) is 11.2 Å². The van der Waals surface area contributed by atoms with Crippen molar-refractivity contribution < 1.29 is 0 Å². The van der Waals surface area contributed by atoms with Crippen molar-refractivity contribution in [3.8, 4) is 0 Å². The molecule has 1 aromatic rings. The molecule has 0 amide bonds. The lowest BCUT2D eigenvalue weighted by Crippen LogP contribution is -2.43. The molecule has 90 valence electrons. The van der Waals surface area contributed by atoms with Gasteiger partial charge in [-0.25, -0.2) is 4.98 Å². The Balaban J connectivity index is 1.60. The number of hydrogen-bond donors (Lipinski definition) is 1. The molecule has 0 aliphatic carbocycles. The first-order chi connectivity index (χ1) is 7.86. The van der Waals surface area contributed by atoms with E-state index in [9.17, 15) is 0 Å². The zero-order valence-corrected chi connectivity index (χ0v) is 10.8. The molecule has 0 bridgehead atoms. The molecule has 1 atom stereocenters. The minimum absolute atomic E-state index is 0.740. The van der Waals surface area contributed by atoms with E-state index in [0.717, 1.165) is 25.6 Å². The van der Waals surface area contributed by atoms with E-state index in [-0.39, 0.29) is 0 Å². The van der Waals surface area contributed by atoms with Gasteiger partial charge in [-0.2, -0.15) is 0 Å². The number of rotatable bonds is 5. The molecule has 1 unspecified atom stereocenters. The predicted molar refractivity (Wildman–Crippen MR) is 69.0 cm³/mol. The fourth-order valence-corrected chi connectivity index (χ4v) is 2.84. The number of nitrogens with one attached hydrogen (secondary N) is 1. The maximum absolute atomic E-state index is 4.28. The lowest BCUT2D eigenvalue weighted by Gasteiger charge is -2.32. The molecule has 1 saturated heterocycles. The van der Waals surface area contributed by atoms with Crippen LogP contribution < -0.4 is 5.32 Å². The van der Waals surface area contributed by atoms with Gasteiger partial charge in [0.1, 0.15) is 0 Å². The van der Waals surface area contributed by atoms with E-state index < -0.39 is 0 Å². The van der Waals surface area contributed by atoms with E-state index in [1.165, 1.54) is 31.5 Å². The molecular formula is C12H21N3S. The summed E-state index contributed by atoms with van der Waals surface area (Å²) in [5.41, 5.74) is 3.12. The van der Waals surface area contributed by atoms with Crippen molar-refractivity contribution >= 4 is 11.3 Å². The van der Waals surface area contributed by atoms with E-state index in [2.05, 4.69) is 27.6 Å². The van der Waals surface area contributed by atoms with Crippen LogP contribution in [0.1, 0.15) is 25.0 Å². The second-order valence-electron chi connectivity index (χ2n) is 4.56. The minimum Gasteiger partial charge on any atom is -0.315 e. The predicted octanol–water partition coefficient (Wildman–Crippen LogP) is 1.76. The number of hydrogen-bond acceptors (Lipinski definition) is 4. The summed E-state index contributed by atoms with van der Waals surface area (Å²) in [5.74, 6) is 0. The van der Waals surface area contributed by atoms with Gasteiger partial charge in [0.15, 0.2) is 0 Å². The monoisotopic (exact) mass is 239 g/mol. The summed E-state index contributed by atoms with van der Waals surface area (Å²) >= 11 is 1.68. The van der Waals surface area contributed by atoms with E-state index >= 15 is 0 Å². The van der Waals surface area contributed by atoms with Crippen LogP contribution >= 0.6 is 11.3 Å². The topological polar surface area (TPSA) is 28.2 Å². The molecule has 3 nitrogen and oxygen atoms in total. The van der Waals surface area contributed by atoms with Crippen LogP contribution in [-0.4, -0.2) is 42.6 Å². The smallest absolute Gasteiger partial charge is 0.0794 e. The molecule has 0 spiro atoms. The second-order valence-corrected chi connectivity index (χ2v) is 5.28. The summed E-state index contributed by atoms with van der Waals surface area (Å²) in [6.45, 7) is 3.44. The molecule has 0 aromatic carbocycles. The Morgan fingerprint density at radius 3 is 3.25 bits per heavy atom. The molecule has 16 heavy (non-hydrogen) atoms. The van der Waals surface area contributed by atoms with Crippen LogP contribution in [0.4, 0.5) is 0 Å². The number of piperidine rings is 1. The molecule has 0 radical (unpaired) electrons. The van der Waals surface area contributed by atoms with Gasteiger partial charge in [0.25, 0.3) is 0 Å². The summed E-state index contributed by atoms with van der Waals surface area (Å²) in [7, 11) is 2.24. The molecule has 0 saturated carbocycles. The van der Waals surface area contributed by atoms with Crippen LogP contribution in [0.2, 0.25) is 0 Å². The molecule has 1 aliphatic rings. The molecule has 1 aromatic heterocycles.